The standard InChI is InChI=1S/C19H16N2O2/c1-12-17-11-15(7-10-18(17)21-13(2)20-12)4-3-14-5-8-16(9-6-14)19(22)23/h3-11H,1-2H3,(H,22,23). The molecule has 0 aliphatic carbocycles. The normalized spacial score (nSPS) is 11.2. The van der Waals surface area contributed by atoms with E-state index in [0.717, 1.165) is 33.5 Å². The lowest BCUT2D eigenvalue weighted by Gasteiger charge is -2.04. The van der Waals surface area contributed by atoms with E-state index in [1.54, 1.807) is 24.3 Å². The molecule has 0 radical (unpaired) electrons. The Hall–Kier alpha value is -3.01. The number of nitrogens with zero attached hydrogens (tertiary/aromatic N) is 2. The smallest absolute Gasteiger partial charge is 0.335 e. The number of hydrogen-bond donors (Lipinski definition) is 1. The van der Waals surface area contributed by atoms with E-state index in [-0.39, 0.29) is 5.56 Å². The highest BCUT2D eigenvalue weighted by atomic mass is 16.4. The lowest BCUT2D eigenvalue weighted by molar-refractivity contribution is 0.0697. The van der Waals surface area contributed by atoms with Crippen LogP contribution in [0.1, 0.15) is 33.0 Å². The first-order valence-corrected chi connectivity index (χ1v) is 7.29. The maximum Gasteiger partial charge on any atom is 0.335 e. The molecule has 0 unspecified atom stereocenters. The topological polar surface area (TPSA) is 63.1 Å². The molecule has 0 saturated heterocycles. The third-order valence-electron chi connectivity index (χ3n) is 3.65. The molecule has 3 rings (SSSR count). The molecule has 0 bridgehead atoms. The van der Waals surface area contributed by atoms with Crippen LogP contribution in [0, 0.1) is 13.8 Å². The highest BCUT2D eigenvalue weighted by Gasteiger charge is 2.03. The number of aryl methyl sites for hydroxylation is 2. The summed E-state index contributed by atoms with van der Waals surface area (Å²) >= 11 is 0. The van der Waals surface area contributed by atoms with E-state index in [2.05, 4.69) is 16.0 Å². The molecule has 1 heterocycles. The van der Waals surface area contributed by atoms with Crippen molar-refractivity contribution in [1.82, 2.24) is 9.97 Å². The monoisotopic (exact) mass is 304 g/mol. The predicted octanol–water partition coefficient (Wildman–Crippen LogP) is 4.12. The van der Waals surface area contributed by atoms with E-state index in [0.29, 0.717) is 0 Å². The first-order valence-electron chi connectivity index (χ1n) is 7.29. The van der Waals surface area contributed by atoms with Crippen LogP contribution in [-0.2, 0) is 0 Å². The Bertz CT molecular complexity index is 913. The SMILES string of the molecule is Cc1nc(C)c2cc(C=Cc3ccc(C(=O)O)cc3)ccc2n1. The van der Waals surface area contributed by atoms with Gasteiger partial charge >= 0.3 is 5.97 Å². The first-order chi connectivity index (χ1) is 11.0. The van der Waals surface area contributed by atoms with Crippen molar-refractivity contribution in [2.75, 3.05) is 0 Å². The molecule has 1 aromatic heterocycles. The summed E-state index contributed by atoms with van der Waals surface area (Å²) in [7, 11) is 0. The number of carbonyl (C=O) groups is 1. The lowest BCUT2D eigenvalue weighted by atomic mass is 10.1. The van der Waals surface area contributed by atoms with Crippen molar-refractivity contribution in [3.8, 4) is 0 Å². The van der Waals surface area contributed by atoms with Gasteiger partial charge in [-0.15, -0.1) is 0 Å². The summed E-state index contributed by atoms with van der Waals surface area (Å²) in [6, 6.07) is 12.8. The van der Waals surface area contributed by atoms with Crippen molar-refractivity contribution >= 4 is 29.0 Å². The van der Waals surface area contributed by atoms with Gasteiger partial charge in [-0.05, 0) is 49.2 Å². The fraction of sp³-hybridized carbons (Fsp3) is 0.105. The highest BCUT2D eigenvalue weighted by Crippen LogP contribution is 2.19. The molecule has 0 fully saturated rings. The molecule has 1 N–H and O–H groups in total. The van der Waals surface area contributed by atoms with Crippen LogP contribution in [-0.4, -0.2) is 21.0 Å². The molecular weight excluding hydrogens is 288 g/mol. The summed E-state index contributed by atoms with van der Waals surface area (Å²) in [6.45, 7) is 3.87. The minimum absolute atomic E-state index is 0.288. The Balaban J connectivity index is 1.90. The van der Waals surface area contributed by atoms with Crippen LogP contribution in [0.5, 0.6) is 0 Å². The van der Waals surface area contributed by atoms with Gasteiger partial charge in [-0.1, -0.05) is 30.4 Å². The van der Waals surface area contributed by atoms with Gasteiger partial charge in [0.05, 0.1) is 11.1 Å². The molecule has 4 nitrogen and oxygen atoms in total. The molecule has 0 spiro atoms. The molecule has 0 amide bonds. The molecule has 23 heavy (non-hydrogen) atoms. The van der Waals surface area contributed by atoms with Crippen LogP contribution >= 0.6 is 0 Å². The quantitative estimate of drug-likeness (QED) is 0.739. The summed E-state index contributed by atoms with van der Waals surface area (Å²) in [6.07, 6.45) is 3.95. The zero-order chi connectivity index (χ0) is 16.4. The third kappa shape index (κ3) is 3.26. The van der Waals surface area contributed by atoms with Crippen LogP contribution < -0.4 is 0 Å². The number of fused-ring (bicyclic) bond motifs is 1. The van der Waals surface area contributed by atoms with E-state index in [4.69, 9.17) is 5.11 Å². The van der Waals surface area contributed by atoms with Gasteiger partial charge in [0.1, 0.15) is 5.82 Å². The molecule has 2 aromatic carbocycles. The molecule has 4 heteroatoms. The molecule has 114 valence electrons. The summed E-state index contributed by atoms with van der Waals surface area (Å²) in [5, 5.41) is 9.94. The zero-order valence-electron chi connectivity index (χ0n) is 12.9. The van der Waals surface area contributed by atoms with Crippen LogP contribution in [0.4, 0.5) is 0 Å². The van der Waals surface area contributed by atoms with Crippen LogP contribution in [0.25, 0.3) is 23.1 Å². The van der Waals surface area contributed by atoms with Crippen LogP contribution in [0.2, 0.25) is 0 Å². The van der Waals surface area contributed by atoms with Crippen LogP contribution in [0.3, 0.4) is 0 Å². The van der Waals surface area contributed by atoms with Crippen molar-refractivity contribution in [3.63, 3.8) is 0 Å². The summed E-state index contributed by atoms with van der Waals surface area (Å²) < 4.78 is 0. The molecule has 0 saturated carbocycles. The Morgan fingerprint density at radius 3 is 2.30 bits per heavy atom. The predicted molar refractivity (Wildman–Crippen MR) is 91.3 cm³/mol. The number of aromatic nitrogens is 2. The van der Waals surface area contributed by atoms with Crippen molar-refractivity contribution in [1.29, 1.82) is 0 Å². The van der Waals surface area contributed by atoms with Crippen molar-refractivity contribution < 1.29 is 9.90 Å². The van der Waals surface area contributed by atoms with Crippen molar-refractivity contribution in [2.45, 2.75) is 13.8 Å². The second-order valence-corrected chi connectivity index (χ2v) is 5.39. The third-order valence-corrected chi connectivity index (χ3v) is 3.65. The Morgan fingerprint density at radius 2 is 1.61 bits per heavy atom. The largest absolute Gasteiger partial charge is 0.478 e. The molecule has 3 aromatic rings. The summed E-state index contributed by atoms with van der Waals surface area (Å²) in [5.74, 6) is -0.141. The maximum atomic E-state index is 10.8. The first kappa shape index (κ1) is 14.9. The Kier molecular flexibility index (Phi) is 3.89. The maximum absolute atomic E-state index is 10.8. The van der Waals surface area contributed by atoms with Gasteiger partial charge in [0, 0.05) is 11.1 Å². The number of benzene rings is 2. The average molecular weight is 304 g/mol. The molecule has 0 aliphatic rings. The zero-order valence-corrected chi connectivity index (χ0v) is 12.9. The minimum Gasteiger partial charge on any atom is -0.478 e. The van der Waals surface area contributed by atoms with Gasteiger partial charge in [0.25, 0.3) is 0 Å². The Labute approximate surface area is 134 Å². The average Bonchev–Trinajstić information content (AvgIpc) is 2.53. The fourth-order valence-corrected chi connectivity index (χ4v) is 2.48. The van der Waals surface area contributed by atoms with E-state index < -0.39 is 5.97 Å². The summed E-state index contributed by atoms with van der Waals surface area (Å²) in [4.78, 5) is 19.7. The molecule has 0 atom stereocenters. The number of rotatable bonds is 3. The number of carboxylic acids is 1. The molecule has 0 aliphatic heterocycles. The molecular formula is C19H16N2O2. The van der Waals surface area contributed by atoms with Gasteiger partial charge in [-0.2, -0.15) is 0 Å². The van der Waals surface area contributed by atoms with E-state index in [9.17, 15) is 4.79 Å². The van der Waals surface area contributed by atoms with Crippen molar-refractivity contribution in [2.24, 2.45) is 0 Å². The van der Waals surface area contributed by atoms with Crippen molar-refractivity contribution in [3.05, 3.63) is 70.7 Å². The summed E-state index contributed by atoms with van der Waals surface area (Å²) in [5.41, 5.74) is 4.20. The van der Waals surface area contributed by atoms with Crippen LogP contribution in [0.15, 0.2) is 42.5 Å². The second kappa shape index (κ2) is 6.01. The second-order valence-electron chi connectivity index (χ2n) is 5.39. The van der Waals surface area contributed by atoms with Gasteiger partial charge in [-0.25, -0.2) is 14.8 Å². The van der Waals surface area contributed by atoms with E-state index in [1.807, 2.05) is 38.1 Å². The van der Waals surface area contributed by atoms with E-state index in [1.165, 1.54) is 0 Å². The van der Waals surface area contributed by atoms with Gasteiger partial charge in [-0.3, -0.25) is 0 Å². The highest BCUT2D eigenvalue weighted by molar-refractivity contribution is 5.88. The van der Waals surface area contributed by atoms with Gasteiger partial charge < -0.3 is 5.11 Å². The van der Waals surface area contributed by atoms with Gasteiger partial charge in [0.15, 0.2) is 0 Å². The van der Waals surface area contributed by atoms with E-state index >= 15 is 0 Å². The number of carboxylic acid groups (broad SMARTS) is 1. The lowest BCUT2D eigenvalue weighted by Crippen LogP contribution is -1.94. The number of aromatic carboxylic acids is 1. The minimum atomic E-state index is -0.916. The fourth-order valence-electron chi connectivity index (χ4n) is 2.48. The van der Waals surface area contributed by atoms with Gasteiger partial charge in [0.2, 0.25) is 0 Å². The Morgan fingerprint density at radius 1 is 0.957 bits per heavy atom. The number of hydrogen-bond acceptors (Lipinski definition) is 3.